The van der Waals surface area contributed by atoms with E-state index in [9.17, 15) is 34.8 Å². The summed E-state index contributed by atoms with van der Waals surface area (Å²) in [5, 5.41) is -0.352. The molecule has 0 unspecified atom stereocenters. The van der Waals surface area contributed by atoms with Gasteiger partial charge in [-0.25, -0.2) is 8.42 Å². The van der Waals surface area contributed by atoms with E-state index in [1.165, 1.54) is 0 Å². The van der Waals surface area contributed by atoms with E-state index in [0.717, 1.165) is 18.2 Å². The van der Waals surface area contributed by atoms with Gasteiger partial charge in [0.25, 0.3) is 10.0 Å². The standard InChI is InChI=1S/C14H7BrClF6NO2S/c15-10-3-2-8(6-9(10)14(20,21)22)26(24,25)23-12-5-7(13(17,18)19)1-4-11(12)16/h1-6,23H. The van der Waals surface area contributed by atoms with E-state index in [0.29, 0.717) is 18.2 Å². The van der Waals surface area contributed by atoms with Crippen molar-refractivity contribution in [2.24, 2.45) is 0 Å². The van der Waals surface area contributed by atoms with Gasteiger partial charge in [-0.1, -0.05) is 27.5 Å². The number of hydrogen-bond acceptors (Lipinski definition) is 2. The number of hydrogen-bond donors (Lipinski definition) is 1. The Morgan fingerprint density at radius 1 is 0.923 bits per heavy atom. The molecule has 3 nitrogen and oxygen atoms in total. The summed E-state index contributed by atoms with van der Waals surface area (Å²) in [6, 6.07) is 4.00. The van der Waals surface area contributed by atoms with Crippen LogP contribution in [0.4, 0.5) is 32.0 Å². The summed E-state index contributed by atoms with van der Waals surface area (Å²) in [6.45, 7) is 0. The predicted octanol–water partition coefficient (Wildman–Crippen LogP) is 5.94. The molecular formula is C14H7BrClF6NO2S. The Kier molecular flexibility index (Phi) is 5.56. The van der Waals surface area contributed by atoms with Crippen molar-refractivity contribution >= 4 is 43.2 Å². The predicted molar refractivity (Wildman–Crippen MR) is 86.4 cm³/mol. The second kappa shape index (κ2) is 6.93. The zero-order valence-corrected chi connectivity index (χ0v) is 15.4. The fraction of sp³-hybridized carbons (Fsp3) is 0.143. The Hall–Kier alpha value is -1.46. The van der Waals surface area contributed by atoms with Crippen molar-refractivity contribution in [3.05, 3.63) is 57.0 Å². The van der Waals surface area contributed by atoms with Crippen molar-refractivity contribution in [2.45, 2.75) is 17.2 Å². The first-order valence-corrected chi connectivity index (χ1v) is 9.13. The molecule has 0 amide bonds. The number of halogens is 8. The van der Waals surface area contributed by atoms with Gasteiger partial charge < -0.3 is 0 Å². The van der Waals surface area contributed by atoms with Crippen molar-refractivity contribution < 1.29 is 34.8 Å². The van der Waals surface area contributed by atoms with Gasteiger partial charge in [0.15, 0.2) is 0 Å². The molecule has 1 N–H and O–H groups in total. The lowest BCUT2D eigenvalue weighted by atomic mass is 10.2. The highest BCUT2D eigenvalue weighted by molar-refractivity contribution is 9.10. The van der Waals surface area contributed by atoms with E-state index in [4.69, 9.17) is 11.6 Å². The van der Waals surface area contributed by atoms with Gasteiger partial charge >= 0.3 is 12.4 Å². The second-order valence-corrected chi connectivity index (χ2v) is 7.88. The normalized spacial score (nSPS) is 12.9. The summed E-state index contributed by atoms with van der Waals surface area (Å²) in [4.78, 5) is -0.790. The maximum Gasteiger partial charge on any atom is 0.417 e. The molecule has 0 atom stereocenters. The summed E-state index contributed by atoms with van der Waals surface area (Å²) in [6.07, 6.45) is -9.59. The van der Waals surface area contributed by atoms with Gasteiger partial charge in [-0.2, -0.15) is 26.3 Å². The van der Waals surface area contributed by atoms with E-state index >= 15 is 0 Å². The van der Waals surface area contributed by atoms with Crippen LogP contribution in [0.25, 0.3) is 0 Å². The van der Waals surface area contributed by atoms with Gasteiger partial charge in [0.05, 0.1) is 26.7 Å². The average molecular weight is 483 g/mol. The summed E-state index contributed by atoms with van der Waals surface area (Å²) < 4.78 is 103. The van der Waals surface area contributed by atoms with Gasteiger partial charge in [-0.15, -0.1) is 0 Å². The molecule has 0 bridgehead atoms. The molecule has 0 aliphatic rings. The monoisotopic (exact) mass is 481 g/mol. The van der Waals surface area contributed by atoms with Crippen LogP contribution in [0.5, 0.6) is 0 Å². The second-order valence-electron chi connectivity index (χ2n) is 4.94. The van der Waals surface area contributed by atoms with Crippen molar-refractivity contribution in [1.82, 2.24) is 0 Å². The topological polar surface area (TPSA) is 46.2 Å². The Balaban J connectivity index is 2.48. The minimum atomic E-state index is -4.84. The van der Waals surface area contributed by atoms with Crippen LogP contribution < -0.4 is 4.72 Å². The molecule has 26 heavy (non-hydrogen) atoms. The van der Waals surface area contributed by atoms with Gasteiger partial charge in [0, 0.05) is 4.47 Å². The van der Waals surface area contributed by atoms with E-state index < -0.39 is 44.1 Å². The number of alkyl halides is 6. The first kappa shape index (κ1) is 20.8. The van der Waals surface area contributed by atoms with Crippen LogP contribution in [0, 0.1) is 0 Å². The quantitative estimate of drug-likeness (QED) is 0.550. The number of sulfonamides is 1. The highest BCUT2D eigenvalue weighted by Gasteiger charge is 2.35. The number of rotatable bonds is 3. The summed E-state index contributed by atoms with van der Waals surface area (Å²) >= 11 is 8.35. The summed E-state index contributed by atoms with van der Waals surface area (Å²) in [5.74, 6) is 0. The molecule has 0 fully saturated rings. The zero-order valence-electron chi connectivity index (χ0n) is 12.2. The maximum atomic E-state index is 12.9. The molecule has 0 aliphatic carbocycles. The lowest BCUT2D eigenvalue weighted by Crippen LogP contribution is -2.16. The van der Waals surface area contributed by atoms with Crippen LogP contribution in [0.2, 0.25) is 5.02 Å². The summed E-state index contributed by atoms with van der Waals surface area (Å²) in [7, 11) is -4.62. The van der Waals surface area contributed by atoms with Crippen molar-refractivity contribution in [2.75, 3.05) is 4.72 Å². The highest BCUT2D eigenvalue weighted by atomic mass is 79.9. The molecule has 2 aromatic carbocycles. The Bertz CT molecular complexity index is 943. The largest absolute Gasteiger partial charge is 0.417 e. The van der Waals surface area contributed by atoms with Crippen LogP contribution >= 0.6 is 27.5 Å². The van der Waals surface area contributed by atoms with Crippen molar-refractivity contribution in [3.8, 4) is 0 Å². The Morgan fingerprint density at radius 3 is 2.08 bits per heavy atom. The molecule has 0 saturated heterocycles. The maximum absolute atomic E-state index is 12.9. The first-order chi connectivity index (χ1) is 11.7. The number of benzene rings is 2. The first-order valence-electron chi connectivity index (χ1n) is 6.48. The van der Waals surface area contributed by atoms with Crippen LogP contribution in [0.15, 0.2) is 45.8 Å². The molecule has 12 heteroatoms. The molecule has 2 rings (SSSR count). The van der Waals surface area contributed by atoms with Crippen molar-refractivity contribution in [1.29, 1.82) is 0 Å². The molecule has 2 aromatic rings. The summed E-state index contributed by atoms with van der Waals surface area (Å²) in [5.41, 5.74) is -3.04. The fourth-order valence-corrected chi connectivity index (χ4v) is 3.66. The number of anilines is 1. The third kappa shape index (κ3) is 4.63. The molecule has 0 saturated carbocycles. The van der Waals surface area contributed by atoms with E-state index in [1.807, 2.05) is 0 Å². The van der Waals surface area contributed by atoms with E-state index in [1.54, 1.807) is 4.72 Å². The van der Waals surface area contributed by atoms with Crippen LogP contribution in [-0.4, -0.2) is 8.42 Å². The highest BCUT2D eigenvalue weighted by Crippen LogP contribution is 2.37. The average Bonchev–Trinajstić information content (AvgIpc) is 2.47. The number of nitrogens with one attached hydrogen (secondary N) is 1. The van der Waals surface area contributed by atoms with Crippen LogP contribution in [-0.2, 0) is 22.4 Å². The third-order valence-electron chi connectivity index (χ3n) is 3.09. The van der Waals surface area contributed by atoms with Gasteiger partial charge in [-0.3, -0.25) is 4.72 Å². The molecule has 0 spiro atoms. The molecule has 0 aliphatic heterocycles. The SMILES string of the molecule is O=S(=O)(Nc1cc(C(F)(F)F)ccc1Cl)c1ccc(Br)c(C(F)(F)F)c1. The van der Waals surface area contributed by atoms with Crippen LogP contribution in [0.3, 0.4) is 0 Å². The molecular weight excluding hydrogens is 476 g/mol. The zero-order chi connectivity index (χ0) is 19.9. The Morgan fingerprint density at radius 2 is 1.54 bits per heavy atom. The van der Waals surface area contributed by atoms with Gasteiger partial charge in [0.1, 0.15) is 0 Å². The minimum absolute atomic E-state index is 0.352. The molecule has 142 valence electrons. The van der Waals surface area contributed by atoms with E-state index in [-0.39, 0.29) is 9.50 Å². The smallest absolute Gasteiger partial charge is 0.278 e. The van der Waals surface area contributed by atoms with Crippen LogP contribution in [0.1, 0.15) is 11.1 Å². The molecule has 0 radical (unpaired) electrons. The van der Waals surface area contributed by atoms with Gasteiger partial charge in [-0.05, 0) is 36.4 Å². The molecule has 0 aromatic heterocycles. The van der Waals surface area contributed by atoms with Crippen molar-refractivity contribution in [3.63, 3.8) is 0 Å². The lowest BCUT2D eigenvalue weighted by molar-refractivity contribution is -0.138. The van der Waals surface area contributed by atoms with Gasteiger partial charge in [0.2, 0.25) is 0 Å². The third-order valence-corrected chi connectivity index (χ3v) is 5.48. The van der Waals surface area contributed by atoms with E-state index in [2.05, 4.69) is 15.9 Å². The fourth-order valence-electron chi connectivity index (χ4n) is 1.87. The minimum Gasteiger partial charge on any atom is -0.278 e. The molecule has 0 heterocycles. The lowest BCUT2D eigenvalue weighted by Gasteiger charge is -2.14. The Labute approximate surface area is 157 Å².